The van der Waals surface area contributed by atoms with E-state index >= 15 is 0 Å². The van der Waals surface area contributed by atoms with Gasteiger partial charge in [-0.3, -0.25) is 9.78 Å². The summed E-state index contributed by atoms with van der Waals surface area (Å²) in [5.41, 5.74) is 1.10. The quantitative estimate of drug-likeness (QED) is 0.855. The summed E-state index contributed by atoms with van der Waals surface area (Å²) >= 11 is 0. The number of hydrogen-bond acceptors (Lipinski definition) is 4. The van der Waals surface area contributed by atoms with E-state index in [1.807, 2.05) is 39.0 Å². The molecule has 0 radical (unpaired) electrons. The zero-order chi connectivity index (χ0) is 17.6. The lowest BCUT2D eigenvalue weighted by Gasteiger charge is -2.25. The molecule has 1 atom stereocenters. The largest absolute Gasteiger partial charge is 0.487 e. The maximum Gasteiger partial charge on any atom is 0.251 e. The van der Waals surface area contributed by atoms with Gasteiger partial charge >= 0.3 is 0 Å². The van der Waals surface area contributed by atoms with E-state index in [1.54, 1.807) is 30.5 Å². The van der Waals surface area contributed by atoms with Gasteiger partial charge in [0.25, 0.3) is 5.91 Å². The van der Waals surface area contributed by atoms with Gasteiger partial charge in [0.1, 0.15) is 12.4 Å². The summed E-state index contributed by atoms with van der Waals surface area (Å²) in [6, 6.07) is 12.6. The van der Waals surface area contributed by atoms with E-state index in [0.29, 0.717) is 17.9 Å². The van der Waals surface area contributed by atoms with Crippen LogP contribution < -0.4 is 10.1 Å². The summed E-state index contributed by atoms with van der Waals surface area (Å²) in [5, 5.41) is 12.7. The number of amides is 1. The topological polar surface area (TPSA) is 71.5 Å². The molecule has 2 N–H and O–H groups in total. The number of aliphatic hydroxyl groups is 1. The van der Waals surface area contributed by atoms with Crippen LogP contribution in [0.3, 0.4) is 0 Å². The predicted molar refractivity (Wildman–Crippen MR) is 92.8 cm³/mol. The van der Waals surface area contributed by atoms with Crippen molar-refractivity contribution in [1.29, 1.82) is 0 Å². The molecule has 0 aliphatic heterocycles. The fraction of sp³-hybridized carbons (Fsp3) is 0.368. The van der Waals surface area contributed by atoms with Crippen LogP contribution in [0.2, 0.25) is 0 Å². The van der Waals surface area contributed by atoms with Crippen LogP contribution in [0.1, 0.15) is 36.8 Å². The van der Waals surface area contributed by atoms with Crippen LogP contribution in [0, 0.1) is 5.41 Å². The van der Waals surface area contributed by atoms with Crippen molar-refractivity contribution in [3.05, 3.63) is 59.9 Å². The van der Waals surface area contributed by atoms with Crippen LogP contribution in [0.5, 0.6) is 5.75 Å². The number of carbonyl (C=O) groups is 1. The number of benzene rings is 1. The van der Waals surface area contributed by atoms with Crippen LogP contribution in [0.4, 0.5) is 0 Å². The lowest BCUT2D eigenvalue weighted by molar-refractivity contribution is 0.0587. The van der Waals surface area contributed by atoms with Gasteiger partial charge in [-0.1, -0.05) is 26.8 Å². The Labute approximate surface area is 142 Å². The molecule has 24 heavy (non-hydrogen) atoms. The number of rotatable bonds is 6. The number of pyridine rings is 1. The molecule has 0 aliphatic rings. The standard InChI is InChI=1S/C19H24N2O3/c1-19(2,3)17(22)12-21-18(23)14-7-9-16(10-8-14)24-13-15-6-4-5-11-20-15/h4-11,17,22H,12-13H2,1-3H3,(H,21,23). The smallest absolute Gasteiger partial charge is 0.251 e. The Morgan fingerprint density at radius 2 is 1.92 bits per heavy atom. The third-order valence-corrected chi connectivity index (χ3v) is 3.69. The number of aromatic nitrogens is 1. The van der Waals surface area contributed by atoms with Gasteiger partial charge in [-0.15, -0.1) is 0 Å². The molecule has 1 aromatic heterocycles. The molecule has 1 unspecified atom stereocenters. The minimum atomic E-state index is -0.595. The summed E-state index contributed by atoms with van der Waals surface area (Å²) in [6.45, 7) is 6.39. The number of carbonyl (C=O) groups excluding carboxylic acids is 1. The molecule has 2 aromatic rings. The first-order valence-corrected chi connectivity index (χ1v) is 7.95. The summed E-state index contributed by atoms with van der Waals surface area (Å²) in [4.78, 5) is 16.3. The number of ether oxygens (including phenoxy) is 1. The van der Waals surface area contributed by atoms with Crippen molar-refractivity contribution in [2.45, 2.75) is 33.5 Å². The van der Waals surface area contributed by atoms with Gasteiger partial charge < -0.3 is 15.2 Å². The molecule has 2 rings (SSSR count). The highest BCUT2D eigenvalue weighted by molar-refractivity contribution is 5.94. The number of nitrogens with one attached hydrogen (secondary N) is 1. The van der Waals surface area contributed by atoms with Crippen molar-refractivity contribution in [1.82, 2.24) is 10.3 Å². The van der Waals surface area contributed by atoms with Crippen LogP contribution in [0.15, 0.2) is 48.7 Å². The summed E-state index contributed by atoms with van der Waals surface area (Å²) in [6.07, 6.45) is 1.13. The van der Waals surface area contributed by atoms with E-state index < -0.39 is 6.10 Å². The second-order valence-corrected chi connectivity index (χ2v) is 6.73. The van der Waals surface area contributed by atoms with Gasteiger partial charge in [0.2, 0.25) is 0 Å². The molecule has 1 amide bonds. The minimum absolute atomic E-state index is 0.213. The first-order chi connectivity index (χ1) is 11.4. The van der Waals surface area contributed by atoms with Crippen LogP contribution in [-0.4, -0.2) is 28.6 Å². The fourth-order valence-corrected chi connectivity index (χ4v) is 1.94. The highest BCUT2D eigenvalue weighted by atomic mass is 16.5. The van der Waals surface area contributed by atoms with Crippen LogP contribution >= 0.6 is 0 Å². The minimum Gasteiger partial charge on any atom is -0.487 e. The normalized spacial score (nSPS) is 12.5. The molecule has 0 saturated carbocycles. The van der Waals surface area contributed by atoms with Crippen LogP contribution in [-0.2, 0) is 6.61 Å². The second kappa shape index (κ2) is 7.93. The van der Waals surface area contributed by atoms with Gasteiger partial charge in [-0.25, -0.2) is 0 Å². The van der Waals surface area contributed by atoms with E-state index in [4.69, 9.17) is 4.74 Å². The van der Waals surface area contributed by atoms with Crippen molar-refractivity contribution < 1.29 is 14.6 Å². The third-order valence-electron chi connectivity index (χ3n) is 3.69. The Balaban J connectivity index is 1.86. The Morgan fingerprint density at radius 3 is 2.50 bits per heavy atom. The van der Waals surface area contributed by atoms with Crippen molar-refractivity contribution in [3.63, 3.8) is 0 Å². The van der Waals surface area contributed by atoms with Gasteiger partial charge in [0, 0.05) is 18.3 Å². The second-order valence-electron chi connectivity index (χ2n) is 6.73. The van der Waals surface area contributed by atoms with Gasteiger partial charge in [-0.05, 0) is 41.8 Å². The molecule has 5 heteroatoms. The Bertz CT molecular complexity index is 649. The predicted octanol–water partition coefficient (Wildman–Crippen LogP) is 2.80. The zero-order valence-corrected chi connectivity index (χ0v) is 14.3. The molecule has 0 bridgehead atoms. The lowest BCUT2D eigenvalue weighted by atomic mass is 9.89. The molecule has 128 valence electrons. The van der Waals surface area contributed by atoms with E-state index in [1.165, 1.54) is 0 Å². The third kappa shape index (κ3) is 5.35. The zero-order valence-electron chi connectivity index (χ0n) is 14.3. The van der Waals surface area contributed by atoms with Crippen molar-refractivity contribution in [3.8, 4) is 5.75 Å². The number of aliphatic hydroxyl groups excluding tert-OH is 1. The summed E-state index contributed by atoms with van der Waals surface area (Å²) in [7, 11) is 0. The molecular weight excluding hydrogens is 304 g/mol. The highest BCUT2D eigenvalue weighted by Crippen LogP contribution is 2.18. The molecular formula is C19H24N2O3. The summed E-state index contributed by atoms with van der Waals surface area (Å²) < 4.78 is 5.64. The Kier molecular flexibility index (Phi) is 5.93. The van der Waals surface area contributed by atoms with Crippen molar-refractivity contribution in [2.24, 2.45) is 5.41 Å². The summed E-state index contributed by atoms with van der Waals surface area (Å²) in [5.74, 6) is 0.460. The average Bonchev–Trinajstić information content (AvgIpc) is 2.58. The van der Waals surface area contributed by atoms with Gasteiger partial charge in [0.15, 0.2) is 0 Å². The van der Waals surface area contributed by atoms with Crippen molar-refractivity contribution >= 4 is 5.91 Å². The first kappa shape index (κ1) is 17.9. The number of hydrogen-bond donors (Lipinski definition) is 2. The average molecular weight is 328 g/mol. The fourth-order valence-electron chi connectivity index (χ4n) is 1.94. The molecule has 0 aliphatic carbocycles. The molecule has 5 nitrogen and oxygen atoms in total. The first-order valence-electron chi connectivity index (χ1n) is 7.95. The molecule has 0 fully saturated rings. The van der Waals surface area contributed by atoms with Gasteiger partial charge in [0.05, 0.1) is 11.8 Å². The maximum absolute atomic E-state index is 12.1. The van der Waals surface area contributed by atoms with E-state index in [-0.39, 0.29) is 17.9 Å². The lowest BCUT2D eigenvalue weighted by Crippen LogP contribution is -2.39. The van der Waals surface area contributed by atoms with E-state index in [2.05, 4.69) is 10.3 Å². The molecule has 0 saturated heterocycles. The monoisotopic (exact) mass is 328 g/mol. The SMILES string of the molecule is CC(C)(C)C(O)CNC(=O)c1ccc(OCc2ccccn2)cc1. The van der Waals surface area contributed by atoms with Crippen molar-refractivity contribution in [2.75, 3.05) is 6.54 Å². The highest BCUT2D eigenvalue weighted by Gasteiger charge is 2.22. The Hall–Kier alpha value is -2.40. The number of nitrogens with zero attached hydrogens (tertiary/aromatic N) is 1. The molecule has 0 spiro atoms. The molecule has 1 aromatic carbocycles. The van der Waals surface area contributed by atoms with E-state index in [9.17, 15) is 9.90 Å². The Morgan fingerprint density at radius 1 is 1.21 bits per heavy atom. The maximum atomic E-state index is 12.1. The molecule has 1 heterocycles. The van der Waals surface area contributed by atoms with E-state index in [0.717, 1.165) is 5.69 Å². The van der Waals surface area contributed by atoms with Crippen LogP contribution in [0.25, 0.3) is 0 Å². The van der Waals surface area contributed by atoms with Gasteiger partial charge in [-0.2, -0.15) is 0 Å².